The lowest BCUT2D eigenvalue weighted by molar-refractivity contribution is -0.121. The number of amides is 1. The Morgan fingerprint density at radius 1 is 1.10 bits per heavy atom. The minimum Gasteiger partial charge on any atom is -0.493 e. The number of ether oxygens (including phenoxy) is 2. The molecular weight excluding hydrogens is 414 g/mol. The molecule has 2 aromatic carbocycles. The van der Waals surface area contributed by atoms with Crippen LogP contribution in [-0.4, -0.2) is 34.9 Å². The van der Waals surface area contributed by atoms with Crippen molar-refractivity contribution in [2.24, 2.45) is 0 Å². The Hall–Kier alpha value is -2.57. The summed E-state index contributed by atoms with van der Waals surface area (Å²) in [5.74, 6) is 1.54. The monoisotopic (exact) mass is 439 g/mol. The summed E-state index contributed by atoms with van der Waals surface area (Å²) in [5, 5.41) is 0. The molecule has 1 heterocycles. The Kier molecular flexibility index (Phi) is 7.71. The summed E-state index contributed by atoms with van der Waals surface area (Å²) in [6.07, 6.45) is 4.26. The van der Waals surface area contributed by atoms with Gasteiger partial charge in [0, 0.05) is 18.5 Å². The molecule has 3 rings (SSSR count). The van der Waals surface area contributed by atoms with Gasteiger partial charge in [0.05, 0.1) is 18.1 Å². The number of carbonyl (C=O) groups excluding carboxylic acids is 1. The second-order valence-electron chi connectivity index (χ2n) is 6.94. The van der Waals surface area contributed by atoms with Crippen molar-refractivity contribution >= 4 is 40.3 Å². The first-order valence-electron chi connectivity index (χ1n) is 9.77. The standard InChI is InChI=1S/C24H25NO3S2/c1-4-12-25-23(26)22(30-24(25)29)16-19-8-5-6-9-21(19)28-14-7-13-27-20-11-10-17(2)15-18(20)3/h4-6,8-11,15-16H,1,7,12-14H2,2-3H3/b22-16-. The van der Waals surface area contributed by atoms with E-state index >= 15 is 0 Å². The number of para-hydroxylation sites is 1. The van der Waals surface area contributed by atoms with Crippen molar-refractivity contribution in [2.45, 2.75) is 20.3 Å². The number of hydrogen-bond donors (Lipinski definition) is 0. The molecule has 1 amide bonds. The van der Waals surface area contributed by atoms with Crippen molar-refractivity contribution in [3.63, 3.8) is 0 Å². The van der Waals surface area contributed by atoms with Crippen LogP contribution in [0.15, 0.2) is 60.0 Å². The molecule has 156 valence electrons. The quantitative estimate of drug-likeness (QED) is 0.222. The molecule has 6 heteroatoms. The number of hydrogen-bond acceptors (Lipinski definition) is 5. The molecule has 30 heavy (non-hydrogen) atoms. The van der Waals surface area contributed by atoms with Crippen LogP contribution < -0.4 is 9.47 Å². The van der Waals surface area contributed by atoms with Gasteiger partial charge in [-0.1, -0.05) is 66.0 Å². The van der Waals surface area contributed by atoms with Gasteiger partial charge in [0.1, 0.15) is 15.8 Å². The summed E-state index contributed by atoms with van der Waals surface area (Å²) < 4.78 is 12.4. The van der Waals surface area contributed by atoms with Gasteiger partial charge in [-0.05, 0) is 37.6 Å². The van der Waals surface area contributed by atoms with Crippen LogP contribution in [0.5, 0.6) is 11.5 Å². The van der Waals surface area contributed by atoms with Crippen molar-refractivity contribution in [2.75, 3.05) is 19.8 Å². The second-order valence-corrected chi connectivity index (χ2v) is 8.61. The van der Waals surface area contributed by atoms with Gasteiger partial charge in [0.15, 0.2) is 0 Å². The van der Waals surface area contributed by atoms with E-state index in [1.165, 1.54) is 17.3 Å². The van der Waals surface area contributed by atoms with Gasteiger partial charge in [-0.25, -0.2) is 0 Å². The highest BCUT2D eigenvalue weighted by Crippen LogP contribution is 2.34. The lowest BCUT2D eigenvalue weighted by Gasteiger charge is -2.12. The van der Waals surface area contributed by atoms with Crippen LogP contribution in [0, 0.1) is 13.8 Å². The Labute approximate surface area is 187 Å². The zero-order chi connectivity index (χ0) is 21.5. The van der Waals surface area contributed by atoms with Crippen molar-refractivity contribution in [1.29, 1.82) is 0 Å². The molecule has 0 aliphatic carbocycles. The second kappa shape index (κ2) is 10.5. The van der Waals surface area contributed by atoms with E-state index in [9.17, 15) is 4.79 Å². The van der Waals surface area contributed by atoms with Gasteiger partial charge in [-0.2, -0.15) is 0 Å². The Bertz CT molecular complexity index is 984. The first-order valence-corrected chi connectivity index (χ1v) is 11.0. The molecule has 0 aromatic heterocycles. The van der Waals surface area contributed by atoms with E-state index in [-0.39, 0.29) is 5.91 Å². The zero-order valence-electron chi connectivity index (χ0n) is 17.2. The topological polar surface area (TPSA) is 38.8 Å². The molecule has 2 aromatic rings. The summed E-state index contributed by atoms with van der Waals surface area (Å²) in [7, 11) is 0. The lowest BCUT2D eigenvalue weighted by Crippen LogP contribution is -2.27. The fourth-order valence-corrected chi connectivity index (χ4v) is 4.31. The number of thioether (sulfide) groups is 1. The molecule has 4 nitrogen and oxygen atoms in total. The van der Waals surface area contributed by atoms with E-state index in [2.05, 4.69) is 19.6 Å². The fraction of sp³-hybridized carbons (Fsp3) is 0.250. The van der Waals surface area contributed by atoms with Gasteiger partial charge in [0.25, 0.3) is 5.91 Å². The first-order chi connectivity index (χ1) is 14.5. The Morgan fingerprint density at radius 3 is 2.57 bits per heavy atom. The molecule has 1 aliphatic heterocycles. The van der Waals surface area contributed by atoms with Crippen molar-refractivity contribution in [3.8, 4) is 11.5 Å². The first kappa shape index (κ1) is 22.1. The molecule has 0 unspecified atom stereocenters. The molecule has 0 saturated carbocycles. The maximum atomic E-state index is 12.5. The SMILES string of the molecule is C=CCN1C(=O)/C(=C/c2ccccc2OCCCOc2ccc(C)cc2C)SC1=S. The van der Waals surface area contributed by atoms with Crippen LogP contribution in [0.1, 0.15) is 23.1 Å². The van der Waals surface area contributed by atoms with Gasteiger partial charge in [-0.3, -0.25) is 9.69 Å². The Balaban J connectivity index is 1.57. The average Bonchev–Trinajstić information content (AvgIpc) is 2.98. The summed E-state index contributed by atoms with van der Waals surface area (Å²) in [6.45, 7) is 9.31. The predicted molar refractivity (Wildman–Crippen MR) is 128 cm³/mol. The predicted octanol–water partition coefficient (Wildman–Crippen LogP) is 5.54. The number of thiocarbonyl (C=S) groups is 1. The van der Waals surface area contributed by atoms with Crippen molar-refractivity contribution in [1.82, 2.24) is 4.90 Å². The fourth-order valence-electron chi connectivity index (χ4n) is 3.04. The molecule has 0 spiro atoms. The summed E-state index contributed by atoms with van der Waals surface area (Å²) in [5.41, 5.74) is 3.21. The average molecular weight is 440 g/mol. The summed E-state index contributed by atoms with van der Waals surface area (Å²) in [6, 6.07) is 13.8. The van der Waals surface area contributed by atoms with E-state index in [4.69, 9.17) is 21.7 Å². The van der Waals surface area contributed by atoms with Gasteiger partial charge in [-0.15, -0.1) is 6.58 Å². The third-order valence-corrected chi connectivity index (χ3v) is 5.90. The number of benzene rings is 2. The van der Waals surface area contributed by atoms with Crippen LogP contribution in [0.2, 0.25) is 0 Å². The van der Waals surface area contributed by atoms with E-state index < -0.39 is 0 Å². The van der Waals surface area contributed by atoms with Crippen LogP contribution in [-0.2, 0) is 4.79 Å². The van der Waals surface area contributed by atoms with Gasteiger partial charge < -0.3 is 9.47 Å². The van der Waals surface area contributed by atoms with E-state index in [0.717, 1.165) is 29.0 Å². The van der Waals surface area contributed by atoms with Crippen molar-refractivity contribution < 1.29 is 14.3 Å². The lowest BCUT2D eigenvalue weighted by atomic mass is 10.1. The van der Waals surface area contributed by atoms with Crippen LogP contribution in [0.25, 0.3) is 6.08 Å². The smallest absolute Gasteiger partial charge is 0.266 e. The third-order valence-electron chi connectivity index (χ3n) is 4.53. The van der Waals surface area contributed by atoms with E-state index in [1.54, 1.807) is 11.0 Å². The minimum atomic E-state index is -0.0958. The third kappa shape index (κ3) is 5.52. The highest BCUT2D eigenvalue weighted by molar-refractivity contribution is 8.26. The van der Waals surface area contributed by atoms with Crippen molar-refractivity contribution in [3.05, 3.63) is 76.7 Å². The van der Waals surface area contributed by atoms with E-state index in [1.807, 2.05) is 49.4 Å². The number of nitrogens with zero attached hydrogens (tertiary/aromatic N) is 1. The molecule has 1 fully saturated rings. The number of carbonyl (C=O) groups is 1. The van der Waals surface area contributed by atoms with Crippen LogP contribution >= 0.6 is 24.0 Å². The molecular formula is C24H25NO3S2. The minimum absolute atomic E-state index is 0.0958. The maximum absolute atomic E-state index is 12.5. The highest BCUT2D eigenvalue weighted by atomic mass is 32.2. The molecule has 1 aliphatic rings. The summed E-state index contributed by atoms with van der Waals surface area (Å²) in [4.78, 5) is 14.7. The normalized spacial score (nSPS) is 15.0. The van der Waals surface area contributed by atoms with Gasteiger partial charge >= 0.3 is 0 Å². The largest absolute Gasteiger partial charge is 0.493 e. The number of aryl methyl sites for hydroxylation is 2. The molecule has 0 N–H and O–H groups in total. The molecule has 0 bridgehead atoms. The number of rotatable bonds is 9. The van der Waals surface area contributed by atoms with Gasteiger partial charge in [0.2, 0.25) is 0 Å². The zero-order valence-corrected chi connectivity index (χ0v) is 18.9. The summed E-state index contributed by atoms with van der Waals surface area (Å²) >= 11 is 6.60. The maximum Gasteiger partial charge on any atom is 0.266 e. The van der Waals surface area contributed by atoms with Crippen LogP contribution in [0.4, 0.5) is 0 Å². The van der Waals surface area contributed by atoms with Crippen LogP contribution in [0.3, 0.4) is 0 Å². The molecule has 0 radical (unpaired) electrons. The Morgan fingerprint density at radius 2 is 1.83 bits per heavy atom. The highest BCUT2D eigenvalue weighted by Gasteiger charge is 2.31. The molecule has 0 atom stereocenters. The van der Waals surface area contributed by atoms with E-state index in [0.29, 0.717) is 29.0 Å². The molecule has 1 saturated heterocycles.